The second kappa shape index (κ2) is 7.46. The van der Waals surface area contributed by atoms with E-state index in [-0.39, 0.29) is 12.5 Å². The summed E-state index contributed by atoms with van der Waals surface area (Å²) < 4.78 is 4.97. The SMILES string of the molecule is COC(=O)c1c(CN2C(=O)NC3(CCCCCC3)C2=O)nc2ccccc2c1C. The highest BCUT2D eigenvalue weighted by Crippen LogP contribution is 2.34. The van der Waals surface area contributed by atoms with Crippen molar-refractivity contribution in [3.8, 4) is 0 Å². The van der Waals surface area contributed by atoms with Gasteiger partial charge in [-0.2, -0.15) is 0 Å². The summed E-state index contributed by atoms with van der Waals surface area (Å²) in [6, 6.07) is 7.07. The lowest BCUT2D eigenvalue weighted by Crippen LogP contribution is -2.46. The quantitative estimate of drug-likeness (QED) is 0.635. The first-order valence-electron chi connectivity index (χ1n) is 10.1. The molecule has 0 radical (unpaired) electrons. The van der Waals surface area contributed by atoms with Crippen LogP contribution in [0.2, 0.25) is 0 Å². The Morgan fingerprint density at radius 2 is 1.86 bits per heavy atom. The van der Waals surface area contributed by atoms with Gasteiger partial charge in [-0.05, 0) is 31.4 Å². The van der Waals surface area contributed by atoms with Crippen LogP contribution in [0.3, 0.4) is 0 Å². The molecule has 2 heterocycles. The van der Waals surface area contributed by atoms with Crippen molar-refractivity contribution in [3.05, 3.63) is 41.1 Å². The number of hydrogen-bond acceptors (Lipinski definition) is 5. The molecule has 152 valence electrons. The zero-order valence-electron chi connectivity index (χ0n) is 16.8. The van der Waals surface area contributed by atoms with Crippen LogP contribution in [0.5, 0.6) is 0 Å². The van der Waals surface area contributed by atoms with Crippen LogP contribution in [0.15, 0.2) is 24.3 Å². The lowest BCUT2D eigenvalue weighted by molar-refractivity contribution is -0.132. The van der Waals surface area contributed by atoms with Crippen LogP contribution in [-0.2, 0) is 16.1 Å². The van der Waals surface area contributed by atoms with Gasteiger partial charge in [-0.25, -0.2) is 14.6 Å². The monoisotopic (exact) mass is 395 g/mol. The van der Waals surface area contributed by atoms with Gasteiger partial charge >= 0.3 is 12.0 Å². The summed E-state index contributed by atoms with van der Waals surface area (Å²) in [5.41, 5.74) is 1.32. The molecule has 1 N–H and O–H groups in total. The molecule has 1 aromatic carbocycles. The molecular formula is C22H25N3O4. The van der Waals surface area contributed by atoms with Gasteiger partial charge in [0.2, 0.25) is 0 Å². The first kappa shape index (κ1) is 19.4. The number of carbonyl (C=O) groups excluding carboxylic acids is 3. The third-order valence-corrected chi connectivity index (χ3v) is 6.13. The normalized spacial score (nSPS) is 18.8. The number of urea groups is 1. The number of hydrogen-bond donors (Lipinski definition) is 1. The van der Waals surface area contributed by atoms with E-state index in [1.807, 2.05) is 31.2 Å². The van der Waals surface area contributed by atoms with Crippen molar-refractivity contribution < 1.29 is 19.1 Å². The maximum absolute atomic E-state index is 13.2. The summed E-state index contributed by atoms with van der Waals surface area (Å²) >= 11 is 0. The number of nitrogens with zero attached hydrogens (tertiary/aromatic N) is 2. The number of aryl methyl sites for hydroxylation is 1. The van der Waals surface area contributed by atoms with Crippen molar-refractivity contribution in [2.75, 3.05) is 7.11 Å². The van der Waals surface area contributed by atoms with Crippen LogP contribution in [-0.4, -0.2) is 40.4 Å². The van der Waals surface area contributed by atoms with Crippen LogP contribution < -0.4 is 5.32 Å². The number of benzene rings is 1. The van der Waals surface area contributed by atoms with Crippen molar-refractivity contribution in [1.29, 1.82) is 0 Å². The van der Waals surface area contributed by atoms with Gasteiger partial charge in [0, 0.05) is 5.39 Å². The number of esters is 1. The van der Waals surface area contributed by atoms with Gasteiger partial charge in [0.05, 0.1) is 30.4 Å². The van der Waals surface area contributed by atoms with Crippen LogP contribution >= 0.6 is 0 Å². The number of para-hydroxylation sites is 1. The summed E-state index contributed by atoms with van der Waals surface area (Å²) in [7, 11) is 1.31. The summed E-state index contributed by atoms with van der Waals surface area (Å²) in [5, 5.41) is 3.78. The molecule has 0 atom stereocenters. The maximum Gasteiger partial charge on any atom is 0.340 e. The number of ether oxygens (including phenoxy) is 1. The molecule has 3 amide bonds. The minimum atomic E-state index is -0.815. The first-order valence-corrected chi connectivity index (χ1v) is 10.1. The molecule has 7 nitrogen and oxygen atoms in total. The Kier molecular flexibility index (Phi) is 4.98. The molecule has 2 aromatic rings. The van der Waals surface area contributed by atoms with Crippen molar-refractivity contribution in [1.82, 2.24) is 15.2 Å². The molecule has 4 rings (SSSR count). The molecule has 29 heavy (non-hydrogen) atoms. The van der Waals surface area contributed by atoms with E-state index < -0.39 is 17.5 Å². The van der Waals surface area contributed by atoms with Gasteiger partial charge in [0.25, 0.3) is 5.91 Å². The second-order valence-electron chi connectivity index (χ2n) is 7.88. The van der Waals surface area contributed by atoms with Gasteiger partial charge in [0.1, 0.15) is 5.54 Å². The Morgan fingerprint density at radius 1 is 1.17 bits per heavy atom. The Bertz CT molecular complexity index is 993. The number of rotatable bonds is 3. The highest BCUT2D eigenvalue weighted by Gasteiger charge is 2.50. The predicted molar refractivity (Wildman–Crippen MR) is 107 cm³/mol. The Morgan fingerprint density at radius 3 is 2.55 bits per heavy atom. The van der Waals surface area contributed by atoms with Crippen LogP contribution in [0.4, 0.5) is 4.79 Å². The summed E-state index contributed by atoms with van der Waals surface area (Å²) in [6.07, 6.45) is 5.29. The third-order valence-electron chi connectivity index (χ3n) is 6.13. The Balaban J connectivity index is 1.74. The van der Waals surface area contributed by atoms with Gasteiger partial charge in [0.15, 0.2) is 0 Å². The zero-order valence-corrected chi connectivity index (χ0v) is 16.8. The number of aromatic nitrogens is 1. The molecule has 0 unspecified atom stereocenters. The number of amides is 3. The van der Waals surface area contributed by atoms with Gasteiger partial charge in [-0.1, -0.05) is 43.9 Å². The van der Waals surface area contributed by atoms with E-state index in [2.05, 4.69) is 10.3 Å². The van der Waals surface area contributed by atoms with E-state index in [1.54, 1.807) is 0 Å². The largest absolute Gasteiger partial charge is 0.465 e. The number of nitrogens with one attached hydrogen (secondary N) is 1. The molecule has 7 heteroatoms. The molecule has 1 aliphatic carbocycles. The van der Waals surface area contributed by atoms with Gasteiger partial charge in [-0.15, -0.1) is 0 Å². The van der Waals surface area contributed by atoms with E-state index in [1.165, 1.54) is 12.0 Å². The summed E-state index contributed by atoms with van der Waals surface area (Å²) in [4.78, 5) is 44.3. The molecule has 1 aliphatic heterocycles. The molecule has 2 fully saturated rings. The standard InChI is InChI=1S/C22H25N3O4/c1-14-15-9-5-6-10-16(15)23-17(18(14)19(26)29-2)13-25-20(27)22(24-21(25)28)11-7-3-4-8-12-22/h5-6,9-10H,3-4,7-8,11-13H2,1-2H3,(H,24,28). The average Bonchev–Trinajstić information content (AvgIpc) is 2.88. The van der Waals surface area contributed by atoms with Crippen molar-refractivity contribution in [2.24, 2.45) is 0 Å². The first-order chi connectivity index (χ1) is 14.0. The maximum atomic E-state index is 13.2. The fourth-order valence-electron chi connectivity index (χ4n) is 4.57. The molecule has 1 saturated carbocycles. The zero-order chi connectivity index (χ0) is 20.6. The van der Waals surface area contributed by atoms with Gasteiger partial charge < -0.3 is 10.1 Å². The van der Waals surface area contributed by atoms with E-state index in [4.69, 9.17) is 4.74 Å². The van der Waals surface area contributed by atoms with E-state index in [0.717, 1.165) is 36.6 Å². The predicted octanol–water partition coefficient (Wildman–Crippen LogP) is 3.47. The number of pyridine rings is 1. The lowest BCUT2D eigenvalue weighted by Gasteiger charge is -2.25. The average molecular weight is 395 g/mol. The van der Waals surface area contributed by atoms with Crippen molar-refractivity contribution >= 4 is 28.8 Å². The van der Waals surface area contributed by atoms with Crippen LogP contribution in [0.25, 0.3) is 10.9 Å². The molecule has 1 spiro atoms. The molecular weight excluding hydrogens is 370 g/mol. The molecule has 1 saturated heterocycles. The molecule has 2 aliphatic rings. The van der Waals surface area contributed by atoms with Crippen LogP contribution in [0, 0.1) is 6.92 Å². The number of fused-ring (bicyclic) bond motifs is 1. The fraction of sp³-hybridized carbons (Fsp3) is 0.455. The number of imide groups is 1. The second-order valence-corrected chi connectivity index (χ2v) is 7.88. The van der Waals surface area contributed by atoms with E-state index in [0.29, 0.717) is 29.6 Å². The van der Waals surface area contributed by atoms with Crippen molar-refractivity contribution in [3.63, 3.8) is 0 Å². The van der Waals surface area contributed by atoms with Crippen molar-refractivity contribution in [2.45, 2.75) is 57.5 Å². The highest BCUT2D eigenvalue weighted by molar-refractivity contribution is 6.07. The Labute approximate surface area is 169 Å². The molecule has 1 aromatic heterocycles. The fourth-order valence-corrected chi connectivity index (χ4v) is 4.57. The van der Waals surface area contributed by atoms with E-state index in [9.17, 15) is 14.4 Å². The minimum absolute atomic E-state index is 0.0531. The van der Waals surface area contributed by atoms with Crippen LogP contribution in [0.1, 0.15) is 60.1 Å². The van der Waals surface area contributed by atoms with Gasteiger partial charge in [-0.3, -0.25) is 9.69 Å². The summed E-state index contributed by atoms with van der Waals surface area (Å²) in [6.45, 7) is 1.78. The topological polar surface area (TPSA) is 88.6 Å². The molecule has 0 bridgehead atoms. The third kappa shape index (κ3) is 3.24. The Hall–Kier alpha value is -2.96. The summed E-state index contributed by atoms with van der Waals surface area (Å²) in [5.74, 6) is -0.736. The smallest absolute Gasteiger partial charge is 0.340 e. The number of methoxy groups -OCH3 is 1. The highest BCUT2D eigenvalue weighted by atomic mass is 16.5. The van der Waals surface area contributed by atoms with E-state index >= 15 is 0 Å². The lowest BCUT2D eigenvalue weighted by atomic mass is 9.90. The minimum Gasteiger partial charge on any atom is -0.465 e. The number of carbonyl (C=O) groups is 3.